The SMILES string of the molecule is C=C(C)C(=O)OCCO.C=CC(=O)OCCCCCCCC. The normalized spacial score (nSPS) is 9.23. The molecule has 0 radical (unpaired) electrons. The molecule has 5 heteroatoms. The Balaban J connectivity index is 0. The summed E-state index contributed by atoms with van der Waals surface area (Å²) in [6, 6.07) is 0. The standard InChI is InChI=1S/C11H20O2.C6H10O3/c1-3-5-6-7-8-9-10-13-11(12)4-2;1-5(2)6(8)9-4-3-7/h4H,2-3,5-10H2,1H3;7H,1,3-4H2,2H3. The zero-order chi connectivity index (χ0) is 17.2. The van der Waals surface area contributed by atoms with Crippen LogP contribution < -0.4 is 0 Å². The number of ether oxygens (including phenoxy) is 2. The van der Waals surface area contributed by atoms with Gasteiger partial charge in [-0.3, -0.25) is 0 Å². The Hall–Kier alpha value is -1.62. The molecule has 0 aliphatic rings. The van der Waals surface area contributed by atoms with Crippen LogP contribution in [-0.4, -0.2) is 36.9 Å². The van der Waals surface area contributed by atoms with E-state index < -0.39 is 5.97 Å². The van der Waals surface area contributed by atoms with Crippen molar-refractivity contribution in [1.82, 2.24) is 0 Å². The third-order valence-corrected chi connectivity index (χ3v) is 2.58. The first-order valence-corrected chi connectivity index (χ1v) is 7.72. The lowest BCUT2D eigenvalue weighted by molar-refractivity contribution is -0.140. The summed E-state index contributed by atoms with van der Waals surface area (Å²) in [5, 5.41) is 8.19. The maximum atomic E-state index is 10.6. The van der Waals surface area contributed by atoms with E-state index in [0.29, 0.717) is 12.2 Å². The molecule has 22 heavy (non-hydrogen) atoms. The minimum Gasteiger partial charge on any atom is -0.463 e. The molecule has 1 N–H and O–H groups in total. The quantitative estimate of drug-likeness (QED) is 0.360. The molecule has 0 atom stereocenters. The van der Waals surface area contributed by atoms with Crippen molar-refractivity contribution in [2.24, 2.45) is 0 Å². The molecule has 128 valence electrons. The van der Waals surface area contributed by atoms with Crippen molar-refractivity contribution < 1.29 is 24.2 Å². The number of unbranched alkanes of at least 4 members (excludes halogenated alkanes) is 5. The van der Waals surface area contributed by atoms with Gasteiger partial charge >= 0.3 is 11.9 Å². The van der Waals surface area contributed by atoms with Crippen LogP contribution in [0.25, 0.3) is 0 Å². The fourth-order valence-corrected chi connectivity index (χ4v) is 1.38. The molecule has 0 saturated heterocycles. The minimum atomic E-state index is -0.455. The lowest BCUT2D eigenvalue weighted by atomic mass is 10.1. The molecular weight excluding hydrogens is 284 g/mol. The van der Waals surface area contributed by atoms with Crippen molar-refractivity contribution in [1.29, 1.82) is 0 Å². The Morgan fingerprint density at radius 1 is 1.05 bits per heavy atom. The molecule has 5 nitrogen and oxygen atoms in total. The highest BCUT2D eigenvalue weighted by atomic mass is 16.5. The van der Waals surface area contributed by atoms with Gasteiger partial charge in [-0.2, -0.15) is 0 Å². The van der Waals surface area contributed by atoms with Crippen molar-refractivity contribution >= 4 is 11.9 Å². The first kappa shape index (κ1) is 22.7. The van der Waals surface area contributed by atoms with Crippen molar-refractivity contribution in [3.05, 3.63) is 24.8 Å². The molecule has 0 saturated carbocycles. The van der Waals surface area contributed by atoms with Crippen molar-refractivity contribution in [3.63, 3.8) is 0 Å². The molecule has 0 unspecified atom stereocenters. The van der Waals surface area contributed by atoms with Crippen LogP contribution in [0.15, 0.2) is 24.8 Å². The van der Waals surface area contributed by atoms with Gasteiger partial charge in [0.05, 0.1) is 13.2 Å². The number of rotatable bonds is 11. The molecule has 0 aromatic carbocycles. The molecule has 0 aromatic rings. The summed E-state index contributed by atoms with van der Waals surface area (Å²) in [5.74, 6) is -0.766. The van der Waals surface area contributed by atoms with Gasteiger partial charge in [-0.1, -0.05) is 52.2 Å². The highest BCUT2D eigenvalue weighted by molar-refractivity contribution is 5.86. The van der Waals surface area contributed by atoms with Crippen LogP contribution in [0.1, 0.15) is 52.4 Å². The van der Waals surface area contributed by atoms with Crippen LogP contribution in [0.5, 0.6) is 0 Å². The summed E-state index contributed by atoms with van der Waals surface area (Å²) in [7, 11) is 0. The van der Waals surface area contributed by atoms with Crippen molar-refractivity contribution in [2.75, 3.05) is 19.8 Å². The van der Waals surface area contributed by atoms with Crippen molar-refractivity contribution in [3.8, 4) is 0 Å². The molecule has 0 fully saturated rings. The van der Waals surface area contributed by atoms with Gasteiger partial charge in [-0.05, 0) is 13.3 Å². The van der Waals surface area contributed by atoms with E-state index in [0.717, 1.165) is 12.8 Å². The number of hydrogen-bond donors (Lipinski definition) is 1. The summed E-state index contributed by atoms with van der Waals surface area (Å²) >= 11 is 0. The highest BCUT2D eigenvalue weighted by Gasteiger charge is 1.99. The lowest BCUT2D eigenvalue weighted by Crippen LogP contribution is -2.08. The van der Waals surface area contributed by atoms with E-state index in [1.807, 2.05) is 0 Å². The van der Waals surface area contributed by atoms with E-state index in [1.54, 1.807) is 6.92 Å². The minimum absolute atomic E-state index is 0.0473. The van der Waals surface area contributed by atoms with Crippen molar-refractivity contribution in [2.45, 2.75) is 52.4 Å². The Kier molecular flexibility index (Phi) is 18.0. The van der Waals surface area contributed by atoms with Gasteiger partial charge in [-0.15, -0.1) is 0 Å². The molecule has 0 spiro atoms. The predicted molar refractivity (Wildman–Crippen MR) is 87.4 cm³/mol. The number of hydrogen-bond acceptors (Lipinski definition) is 5. The van der Waals surface area contributed by atoms with E-state index in [1.165, 1.54) is 31.8 Å². The number of aliphatic hydroxyl groups is 1. The fourth-order valence-electron chi connectivity index (χ4n) is 1.38. The number of esters is 2. The average molecular weight is 314 g/mol. The summed E-state index contributed by atoms with van der Waals surface area (Å²) in [5.41, 5.74) is 0.350. The summed E-state index contributed by atoms with van der Waals surface area (Å²) in [6.45, 7) is 10.9. The summed E-state index contributed by atoms with van der Waals surface area (Å²) < 4.78 is 9.30. The fraction of sp³-hybridized carbons (Fsp3) is 0.647. The maximum Gasteiger partial charge on any atom is 0.333 e. The number of carbonyl (C=O) groups is 2. The zero-order valence-electron chi connectivity index (χ0n) is 13.9. The first-order valence-electron chi connectivity index (χ1n) is 7.72. The number of aliphatic hydroxyl groups excluding tert-OH is 1. The third-order valence-electron chi connectivity index (χ3n) is 2.58. The van der Waals surface area contributed by atoms with E-state index in [-0.39, 0.29) is 19.2 Å². The molecule has 0 amide bonds. The number of carbonyl (C=O) groups excluding carboxylic acids is 2. The van der Waals surface area contributed by atoms with Gasteiger partial charge in [0, 0.05) is 11.6 Å². The van der Waals surface area contributed by atoms with Gasteiger partial charge in [0.15, 0.2) is 0 Å². The maximum absolute atomic E-state index is 10.6. The molecule has 0 aromatic heterocycles. The highest BCUT2D eigenvalue weighted by Crippen LogP contribution is 2.04. The van der Waals surface area contributed by atoms with Crippen LogP contribution in [0.2, 0.25) is 0 Å². The van der Waals surface area contributed by atoms with Crippen LogP contribution in [0, 0.1) is 0 Å². The molecule has 0 heterocycles. The van der Waals surface area contributed by atoms with Crippen LogP contribution in [-0.2, 0) is 19.1 Å². The van der Waals surface area contributed by atoms with E-state index in [4.69, 9.17) is 9.84 Å². The average Bonchev–Trinajstić information content (AvgIpc) is 2.51. The first-order chi connectivity index (χ1) is 10.5. The van der Waals surface area contributed by atoms with Crippen LogP contribution >= 0.6 is 0 Å². The van der Waals surface area contributed by atoms with Gasteiger partial charge in [0.25, 0.3) is 0 Å². The van der Waals surface area contributed by atoms with Gasteiger partial charge < -0.3 is 14.6 Å². The Morgan fingerprint density at radius 3 is 2.14 bits per heavy atom. The molecule has 0 rings (SSSR count). The molecule has 0 aliphatic carbocycles. The molecular formula is C17H30O5. The van der Waals surface area contributed by atoms with E-state index >= 15 is 0 Å². The Morgan fingerprint density at radius 2 is 1.64 bits per heavy atom. The zero-order valence-corrected chi connectivity index (χ0v) is 13.9. The van der Waals surface area contributed by atoms with Crippen LogP contribution in [0.3, 0.4) is 0 Å². The monoisotopic (exact) mass is 314 g/mol. The Labute approximate surface area is 134 Å². The van der Waals surface area contributed by atoms with Gasteiger partial charge in [0.2, 0.25) is 0 Å². The summed E-state index contributed by atoms with van der Waals surface area (Å²) in [4.78, 5) is 21.1. The summed E-state index contributed by atoms with van der Waals surface area (Å²) in [6.07, 6.45) is 8.47. The van der Waals surface area contributed by atoms with E-state index in [9.17, 15) is 9.59 Å². The topological polar surface area (TPSA) is 72.8 Å². The molecule has 0 aliphatic heterocycles. The van der Waals surface area contributed by atoms with Crippen LogP contribution in [0.4, 0.5) is 0 Å². The van der Waals surface area contributed by atoms with Gasteiger partial charge in [-0.25, -0.2) is 9.59 Å². The molecule has 0 bridgehead atoms. The van der Waals surface area contributed by atoms with Gasteiger partial charge in [0.1, 0.15) is 6.61 Å². The largest absolute Gasteiger partial charge is 0.463 e. The lowest BCUT2D eigenvalue weighted by Gasteiger charge is -2.01. The van der Waals surface area contributed by atoms with E-state index in [2.05, 4.69) is 24.8 Å². The second-order valence-corrected chi connectivity index (χ2v) is 4.78. The second kappa shape index (κ2) is 17.4. The predicted octanol–water partition coefficient (Wildman–Crippen LogP) is 3.17. The third kappa shape index (κ3) is 18.4. The smallest absolute Gasteiger partial charge is 0.333 e. The Bertz CT molecular complexity index is 323. The second-order valence-electron chi connectivity index (χ2n) is 4.78.